The van der Waals surface area contributed by atoms with Gasteiger partial charge in [-0.15, -0.1) is 0 Å². The van der Waals surface area contributed by atoms with Crippen LogP contribution in [0.1, 0.15) is 18.9 Å². The molecular formula is C11H14N2O2. The summed E-state index contributed by atoms with van der Waals surface area (Å²) < 4.78 is 5.06. The van der Waals surface area contributed by atoms with Crippen LogP contribution in [-0.2, 0) is 9.57 Å². The normalized spacial score (nSPS) is 10.9. The molecule has 1 aromatic carbocycles. The van der Waals surface area contributed by atoms with Crippen molar-refractivity contribution >= 4 is 11.8 Å². The van der Waals surface area contributed by atoms with Gasteiger partial charge >= 0.3 is 0 Å². The molecule has 0 bridgehead atoms. The Morgan fingerprint density at radius 3 is 2.53 bits per heavy atom. The lowest BCUT2D eigenvalue weighted by molar-refractivity contribution is 0.287. The van der Waals surface area contributed by atoms with Crippen LogP contribution >= 0.6 is 0 Å². The minimum Gasteiger partial charge on any atom is -0.478 e. The van der Waals surface area contributed by atoms with E-state index in [1.54, 1.807) is 0 Å². The zero-order chi connectivity index (χ0) is 11.1. The molecule has 0 radical (unpaired) electrons. The average Bonchev–Trinajstić information content (AvgIpc) is 2.31. The average molecular weight is 206 g/mol. The molecule has 1 rings (SSSR count). The number of methoxy groups -OCH3 is 1. The number of rotatable bonds is 3. The van der Waals surface area contributed by atoms with Crippen LogP contribution in [0.4, 0.5) is 0 Å². The van der Waals surface area contributed by atoms with E-state index in [0.29, 0.717) is 12.3 Å². The molecule has 0 heterocycles. The van der Waals surface area contributed by atoms with Gasteiger partial charge in [0.05, 0.1) is 7.11 Å². The summed E-state index contributed by atoms with van der Waals surface area (Å²) in [6.45, 7) is 1.83. The van der Waals surface area contributed by atoms with E-state index < -0.39 is 0 Å². The molecule has 0 saturated heterocycles. The van der Waals surface area contributed by atoms with Crippen molar-refractivity contribution in [2.24, 2.45) is 5.16 Å². The first-order valence-corrected chi connectivity index (χ1v) is 4.69. The SMILES string of the molecule is CCC(=N)O/N=C(\OC)c1ccccc1. The van der Waals surface area contributed by atoms with Gasteiger partial charge < -0.3 is 9.57 Å². The van der Waals surface area contributed by atoms with Gasteiger partial charge in [0.25, 0.3) is 5.90 Å². The maximum absolute atomic E-state index is 7.28. The number of hydrogen-bond donors (Lipinski definition) is 1. The molecule has 0 aliphatic rings. The molecule has 0 amide bonds. The number of benzene rings is 1. The second-order valence-electron chi connectivity index (χ2n) is 2.83. The van der Waals surface area contributed by atoms with Crippen molar-refractivity contribution in [3.8, 4) is 0 Å². The van der Waals surface area contributed by atoms with Crippen molar-refractivity contribution in [1.82, 2.24) is 0 Å². The molecule has 0 spiro atoms. The van der Waals surface area contributed by atoms with Gasteiger partial charge in [0.1, 0.15) is 0 Å². The second-order valence-corrected chi connectivity index (χ2v) is 2.83. The van der Waals surface area contributed by atoms with E-state index in [-0.39, 0.29) is 5.90 Å². The third kappa shape index (κ3) is 3.42. The summed E-state index contributed by atoms with van der Waals surface area (Å²) in [6, 6.07) is 9.40. The van der Waals surface area contributed by atoms with E-state index in [1.807, 2.05) is 37.3 Å². The van der Waals surface area contributed by atoms with Crippen LogP contribution < -0.4 is 0 Å². The number of nitrogens with one attached hydrogen (secondary N) is 1. The Morgan fingerprint density at radius 1 is 1.33 bits per heavy atom. The molecule has 80 valence electrons. The van der Waals surface area contributed by atoms with Crippen LogP contribution in [0, 0.1) is 5.41 Å². The highest BCUT2D eigenvalue weighted by molar-refractivity contribution is 5.94. The molecule has 4 nitrogen and oxygen atoms in total. The molecule has 1 aromatic rings. The van der Waals surface area contributed by atoms with Crippen molar-refractivity contribution in [2.45, 2.75) is 13.3 Å². The van der Waals surface area contributed by atoms with Gasteiger partial charge in [-0.1, -0.05) is 25.1 Å². The lowest BCUT2D eigenvalue weighted by atomic mass is 10.2. The minimum atomic E-state index is 0.112. The summed E-state index contributed by atoms with van der Waals surface area (Å²) in [7, 11) is 1.52. The Hall–Kier alpha value is -1.84. The standard InChI is InChI=1S/C11H14N2O2/c1-3-10(12)15-13-11(14-2)9-7-5-4-6-8-9/h4-8,12H,3H2,1-2H3/b12-10?,13-11-. The van der Waals surface area contributed by atoms with Gasteiger partial charge in [0.15, 0.2) is 0 Å². The molecule has 0 aromatic heterocycles. The summed E-state index contributed by atoms with van der Waals surface area (Å²) in [5, 5.41) is 11.0. The highest BCUT2D eigenvalue weighted by Gasteiger charge is 2.03. The summed E-state index contributed by atoms with van der Waals surface area (Å²) in [5.74, 6) is 0.481. The molecule has 0 saturated carbocycles. The topological polar surface area (TPSA) is 54.7 Å². The lowest BCUT2D eigenvalue weighted by Crippen LogP contribution is -2.06. The van der Waals surface area contributed by atoms with E-state index in [9.17, 15) is 0 Å². The first kappa shape index (κ1) is 11.2. The third-order valence-electron chi connectivity index (χ3n) is 1.77. The van der Waals surface area contributed by atoms with Crippen LogP contribution in [0.5, 0.6) is 0 Å². The maximum atomic E-state index is 7.28. The number of nitrogens with zero attached hydrogens (tertiary/aromatic N) is 1. The predicted octanol–water partition coefficient (Wildman–Crippen LogP) is 2.40. The van der Waals surface area contributed by atoms with Crippen LogP contribution in [0.15, 0.2) is 35.5 Å². The fraction of sp³-hybridized carbons (Fsp3) is 0.273. The molecule has 1 N–H and O–H groups in total. The van der Waals surface area contributed by atoms with Crippen LogP contribution in [0.25, 0.3) is 0 Å². The van der Waals surface area contributed by atoms with E-state index in [1.165, 1.54) is 7.11 Å². The van der Waals surface area contributed by atoms with E-state index >= 15 is 0 Å². The fourth-order valence-electron chi connectivity index (χ4n) is 0.950. The van der Waals surface area contributed by atoms with Crippen LogP contribution in [0.2, 0.25) is 0 Å². The van der Waals surface area contributed by atoms with E-state index in [4.69, 9.17) is 15.0 Å². The van der Waals surface area contributed by atoms with Gasteiger partial charge in [0, 0.05) is 12.0 Å². The van der Waals surface area contributed by atoms with Gasteiger partial charge in [0.2, 0.25) is 5.90 Å². The predicted molar refractivity (Wildman–Crippen MR) is 59.1 cm³/mol. The second kappa shape index (κ2) is 5.80. The molecule has 0 aliphatic heterocycles. The number of ether oxygens (including phenoxy) is 1. The summed E-state index contributed by atoms with van der Waals surface area (Å²) >= 11 is 0. The lowest BCUT2D eigenvalue weighted by Gasteiger charge is -2.04. The molecule has 0 aliphatic carbocycles. The van der Waals surface area contributed by atoms with Crippen molar-refractivity contribution in [3.05, 3.63) is 35.9 Å². The molecule has 0 unspecified atom stereocenters. The maximum Gasteiger partial charge on any atom is 0.257 e. The zero-order valence-electron chi connectivity index (χ0n) is 8.86. The summed E-state index contributed by atoms with van der Waals surface area (Å²) in [5.41, 5.74) is 0.823. The highest BCUT2D eigenvalue weighted by Crippen LogP contribution is 2.02. The summed E-state index contributed by atoms with van der Waals surface area (Å²) in [6.07, 6.45) is 0.509. The molecule has 15 heavy (non-hydrogen) atoms. The van der Waals surface area contributed by atoms with Gasteiger partial charge in [-0.2, -0.15) is 0 Å². The highest BCUT2D eigenvalue weighted by atomic mass is 16.7. The largest absolute Gasteiger partial charge is 0.478 e. The van der Waals surface area contributed by atoms with Crippen molar-refractivity contribution in [3.63, 3.8) is 0 Å². The Labute approximate surface area is 89.0 Å². The monoisotopic (exact) mass is 206 g/mol. The Balaban J connectivity index is 2.76. The Morgan fingerprint density at radius 2 is 2.00 bits per heavy atom. The van der Waals surface area contributed by atoms with Crippen molar-refractivity contribution in [1.29, 1.82) is 5.41 Å². The number of hydrogen-bond acceptors (Lipinski definition) is 4. The molecule has 0 atom stereocenters. The minimum absolute atomic E-state index is 0.112. The first-order chi connectivity index (χ1) is 7.27. The smallest absolute Gasteiger partial charge is 0.257 e. The molecular weight excluding hydrogens is 192 g/mol. The van der Waals surface area contributed by atoms with Crippen LogP contribution in [0.3, 0.4) is 0 Å². The zero-order valence-corrected chi connectivity index (χ0v) is 8.86. The molecule has 4 heteroatoms. The third-order valence-corrected chi connectivity index (χ3v) is 1.77. The fourth-order valence-corrected chi connectivity index (χ4v) is 0.950. The Bertz CT molecular complexity index is 347. The molecule has 0 fully saturated rings. The Kier molecular flexibility index (Phi) is 4.34. The van der Waals surface area contributed by atoms with Gasteiger partial charge in [-0.3, -0.25) is 5.41 Å². The van der Waals surface area contributed by atoms with E-state index in [0.717, 1.165) is 5.56 Å². The van der Waals surface area contributed by atoms with E-state index in [2.05, 4.69) is 5.16 Å². The number of oxime groups is 1. The van der Waals surface area contributed by atoms with Crippen molar-refractivity contribution < 1.29 is 9.57 Å². The van der Waals surface area contributed by atoms with Crippen LogP contribution in [-0.4, -0.2) is 18.9 Å². The quantitative estimate of drug-likeness (QED) is 0.469. The first-order valence-electron chi connectivity index (χ1n) is 4.69. The van der Waals surface area contributed by atoms with Gasteiger partial charge in [-0.25, -0.2) is 0 Å². The van der Waals surface area contributed by atoms with Gasteiger partial charge in [-0.05, 0) is 17.3 Å². The van der Waals surface area contributed by atoms with Crippen molar-refractivity contribution in [2.75, 3.05) is 7.11 Å². The summed E-state index contributed by atoms with van der Waals surface area (Å²) in [4.78, 5) is 4.84.